The Morgan fingerprint density at radius 3 is 2.65 bits per heavy atom. The molecule has 0 spiro atoms. The second-order valence-electron chi connectivity index (χ2n) is 4.09. The molecule has 20 heavy (non-hydrogen) atoms. The molecule has 7 heteroatoms. The van der Waals surface area contributed by atoms with Crippen molar-refractivity contribution in [3.8, 4) is 11.5 Å². The summed E-state index contributed by atoms with van der Waals surface area (Å²) in [5.74, 6) is -0.142. The molecule has 0 heterocycles. The van der Waals surface area contributed by atoms with Gasteiger partial charge < -0.3 is 15.5 Å². The highest BCUT2D eigenvalue weighted by molar-refractivity contribution is 6.30. The van der Waals surface area contributed by atoms with Crippen molar-refractivity contribution in [2.75, 3.05) is 5.32 Å². The first-order chi connectivity index (χ1) is 9.47. The average molecular weight is 295 g/mol. The van der Waals surface area contributed by atoms with E-state index in [0.29, 0.717) is 10.6 Å². The lowest BCUT2D eigenvalue weighted by molar-refractivity contribution is -0.384. The van der Waals surface area contributed by atoms with Gasteiger partial charge in [0, 0.05) is 17.1 Å². The topological polar surface area (TPSA) is 95.6 Å². The largest absolute Gasteiger partial charge is 0.508 e. The Morgan fingerprint density at radius 2 is 1.95 bits per heavy atom. The SMILES string of the molecule is O=[N+]([O-])c1cc(O)ccc1NCc1cc(Cl)ccc1O. The van der Waals surface area contributed by atoms with Gasteiger partial charge in [-0.25, -0.2) is 0 Å². The van der Waals surface area contributed by atoms with E-state index in [1.807, 2.05) is 0 Å². The summed E-state index contributed by atoms with van der Waals surface area (Å²) in [7, 11) is 0. The monoisotopic (exact) mass is 294 g/mol. The number of rotatable bonds is 4. The first-order valence-electron chi connectivity index (χ1n) is 5.66. The molecule has 0 bridgehead atoms. The van der Waals surface area contributed by atoms with Crippen molar-refractivity contribution < 1.29 is 15.1 Å². The Labute approximate surface area is 119 Å². The molecule has 0 amide bonds. The summed E-state index contributed by atoms with van der Waals surface area (Å²) in [6, 6.07) is 8.35. The molecule has 0 aliphatic heterocycles. The lowest BCUT2D eigenvalue weighted by atomic mass is 10.2. The van der Waals surface area contributed by atoms with Gasteiger partial charge >= 0.3 is 0 Å². The van der Waals surface area contributed by atoms with E-state index in [-0.39, 0.29) is 29.4 Å². The number of aromatic hydroxyl groups is 2. The maximum Gasteiger partial charge on any atom is 0.296 e. The molecule has 2 aromatic rings. The molecule has 0 saturated carbocycles. The summed E-state index contributed by atoms with van der Waals surface area (Å²) in [4.78, 5) is 10.3. The minimum absolute atomic E-state index is 0.0448. The summed E-state index contributed by atoms with van der Waals surface area (Å²) in [5, 5.41) is 33.1. The first kappa shape index (κ1) is 14.0. The highest BCUT2D eigenvalue weighted by atomic mass is 35.5. The van der Waals surface area contributed by atoms with E-state index >= 15 is 0 Å². The summed E-state index contributed by atoms with van der Waals surface area (Å²) in [6.45, 7) is 0.165. The molecule has 0 unspecified atom stereocenters. The number of nitro benzene ring substituents is 1. The van der Waals surface area contributed by atoms with Crippen LogP contribution in [0.1, 0.15) is 5.56 Å². The van der Waals surface area contributed by atoms with Crippen LogP contribution < -0.4 is 5.32 Å². The number of phenolic OH excluding ortho intramolecular Hbond substituents is 2. The van der Waals surface area contributed by atoms with Crippen LogP contribution in [0.5, 0.6) is 11.5 Å². The maximum absolute atomic E-state index is 10.9. The molecule has 6 nitrogen and oxygen atoms in total. The molecular weight excluding hydrogens is 284 g/mol. The van der Waals surface area contributed by atoms with Gasteiger partial charge in [-0.1, -0.05) is 11.6 Å². The van der Waals surface area contributed by atoms with Crippen molar-refractivity contribution in [2.24, 2.45) is 0 Å². The van der Waals surface area contributed by atoms with E-state index < -0.39 is 4.92 Å². The number of halogens is 1. The van der Waals surface area contributed by atoms with Crippen LogP contribution >= 0.6 is 11.6 Å². The predicted octanol–water partition coefficient (Wildman–Crippen LogP) is 3.27. The van der Waals surface area contributed by atoms with E-state index in [1.54, 1.807) is 12.1 Å². The number of nitrogens with one attached hydrogen (secondary N) is 1. The standard InChI is InChI=1S/C13H11ClN2O4/c14-9-1-4-13(18)8(5-9)7-15-11-3-2-10(17)6-12(11)16(19)20/h1-6,15,17-18H,7H2. The molecule has 3 N–H and O–H groups in total. The lowest BCUT2D eigenvalue weighted by Crippen LogP contribution is -2.02. The number of phenols is 2. The Bertz CT molecular complexity index is 661. The van der Waals surface area contributed by atoms with Crippen LogP contribution in [0.4, 0.5) is 11.4 Å². The van der Waals surface area contributed by atoms with Crippen LogP contribution in [0.3, 0.4) is 0 Å². The van der Waals surface area contributed by atoms with E-state index in [0.717, 1.165) is 6.07 Å². The molecule has 2 rings (SSSR count). The van der Waals surface area contributed by atoms with E-state index in [4.69, 9.17) is 11.6 Å². The van der Waals surface area contributed by atoms with Crippen molar-refractivity contribution >= 4 is 23.0 Å². The van der Waals surface area contributed by atoms with Crippen molar-refractivity contribution in [1.82, 2.24) is 0 Å². The highest BCUT2D eigenvalue weighted by Gasteiger charge is 2.14. The molecular formula is C13H11ClN2O4. The number of hydrogen-bond donors (Lipinski definition) is 3. The second kappa shape index (κ2) is 5.66. The van der Waals surface area contributed by atoms with Crippen molar-refractivity contribution in [3.63, 3.8) is 0 Å². The number of nitro groups is 1. The fourth-order valence-electron chi connectivity index (χ4n) is 1.71. The zero-order valence-corrected chi connectivity index (χ0v) is 11.0. The number of hydrogen-bond acceptors (Lipinski definition) is 5. The maximum atomic E-state index is 10.9. The Hall–Kier alpha value is -2.47. The third kappa shape index (κ3) is 3.10. The highest BCUT2D eigenvalue weighted by Crippen LogP contribution is 2.30. The molecule has 0 aliphatic carbocycles. The van der Waals surface area contributed by atoms with Gasteiger partial charge in [0.25, 0.3) is 5.69 Å². The zero-order valence-electron chi connectivity index (χ0n) is 10.2. The number of nitrogens with zero attached hydrogens (tertiary/aromatic N) is 1. The number of anilines is 1. The van der Waals surface area contributed by atoms with Crippen LogP contribution in [-0.4, -0.2) is 15.1 Å². The van der Waals surface area contributed by atoms with Crippen molar-refractivity contribution in [3.05, 3.63) is 57.1 Å². The normalized spacial score (nSPS) is 10.2. The Kier molecular flexibility index (Phi) is 3.95. The molecule has 0 radical (unpaired) electrons. The molecule has 0 atom stereocenters. The van der Waals surface area contributed by atoms with Crippen molar-refractivity contribution in [1.29, 1.82) is 0 Å². The molecule has 0 aliphatic rings. The van der Waals surface area contributed by atoms with Gasteiger partial charge in [-0.3, -0.25) is 10.1 Å². The van der Waals surface area contributed by atoms with Gasteiger partial charge in [0.05, 0.1) is 11.0 Å². The van der Waals surface area contributed by atoms with Crippen LogP contribution in [-0.2, 0) is 6.54 Å². The molecule has 0 saturated heterocycles. The molecule has 2 aromatic carbocycles. The van der Waals surface area contributed by atoms with Gasteiger partial charge in [0.1, 0.15) is 17.2 Å². The predicted molar refractivity (Wildman–Crippen MR) is 75.2 cm³/mol. The van der Waals surface area contributed by atoms with Crippen LogP contribution in [0.25, 0.3) is 0 Å². The zero-order chi connectivity index (χ0) is 14.7. The second-order valence-corrected chi connectivity index (χ2v) is 4.52. The van der Waals surface area contributed by atoms with Gasteiger partial charge in [-0.05, 0) is 30.3 Å². The van der Waals surface area contributed by atoms with Crippen LogP contribution in [0.15, 0.2) is 36.4 Å². The quantitative estimate of drug-likeness (QED) is 0.457. The lowest BCUT2D eigenvalue weighted by Gasteiger charge is -2.09. The third-order valence-electron chi connectivity index (χ3n) is 2.69. The van der Waals surface area contributed by atoms with E-state index in [9.17, 15) is 20.3 Å². The van der Waals surface area contributed by atoms with Gasteiger partial charge in [-0.15, -0.1) is 0 Å². The Balaban J connectivity index is 2.23. The van der Waals surface area contributed by atoms with Crippen molar-refractivity contribution in [2.45, 2.75) is 6.54 Å². The average Bonchev–Trinajstić information content (AvgIpc) is 2.40. The fourth-order valence-corrected chi connectivity index (χ4v) is 1.90. The van der Waals surface area contributed by atoms with Gasteiger partial charge in [-0.2, -0.15) is 0 Å². The van der Waals surface area contributed by atoms with Crippen LogP contribution in [0, 0.1) is 10.1 Å². The Morgan fingerprint density at radius 1 is 1.20 bits per heavy atom. The van der Waals surface area contributed by atoms with E-state index in [2.05, 4.69) is 5.32 Å². The minimum Gasteiger partial charge on any atom is -0.508 e. The van der Waals surface area contributed by atoms with E-state index in [1.165, 1.54) is 18.2 Å². The molecule has 104 valence electrons. The molecule has 0 aromatic heterocycles. The summed E-state index contributed by atoms with van der Waals surface area (Å²) in [5.41, 5.74) is 0.513. The summed E-state index contributed by atoms with van der Waals surface area (Å²) >= 11 is 5.82. The minimum atomic E-state index is -0.597. The first-order valence-corrected chi connectivity index (χ1v) is 6.04. The number of benzene rings is 2. The van der Waals surface area contributed by atoms with Gasteiger partial charge in [0.2, 0.25) is 0 Å². The summed E-state index contributed by atoms with van der Waals surface area (Å²) < 4.78 is 0. The molecule has 0 fully saturated rings. The fraction of sp³-hybridized carbons (Fsp3) is 0.0769. The van der Waals surface area contributed by atoms with Gasteiger partial charge in [0.15, 0.2) is 0 Å². The third-order valence-corrected chi connectivity index (χ3v) is 2.92. The van der Waals surface area contributed by atoms with Crippen LogP contribution in [0.2, 0.25) is 5.02 Å². The smallest absolute Gasteiger partial charge is 0.296 e. The summed E-state index contributed by atoms with van der Waals surface area (Å²) in [6.07, 6.45) is 0.